The van der Waals surface area contributed by atoms with Gasteiger partial charge in [-0.15, -0.1) is 0 Å². The van der Waals surface area contributed by atoms with Gasteiger partial charge in [0.2, 0.25) is 0 Å². The van der Waals surface area contributed by atoms with Gasteiger partial charge in [-0.2, -0.15) is 0 Å². The van der Waals surface area contributed by atoms with Crippen LogP contribution in [-0.4, -0.2) is 26.0 Å². The zero-order valence-corrected chi connectivity index (χ0v) is 18.0. The van der Waals surface area contributed by atoms with Gasteiger partial charge in [0.05, 0.1) is 19.8 Å². The normalized spacial score (nSPS) is 10.6. The maximum absolute atomic E-state index is 12.5. The second kappa shape index (κ2) is 9.89. The quantitative estimate of drug-likeness (QED) is 0.197. The topological polar surface area (TPSA) is 61.8 Å². The third-order valence-corrected chi connectivity index (χ3v) is 4.77. The standard InChI is InChI=1S/C24H19BrO5/c1-28-22-13-9-18(15-23(22)29-2)24(27)30-20-5-3-4-16(14-20)6-12-21(26)17-7-10-19(25)11-8-17/h3-15H,1-2H3. The highest BCUT2D eigenvalue weighted by atomic mass is 79.9. The maximum atomic E-state index is 12.5. The Hall–Kier alpha value is -3.38. The molecular weight excluding hydrogens is 448 g/mol. The van der Waals surface area contributed by atoms with Gasteiger partial charge >= 0.3 is 5.97 Å². The Morgan fingerprint density at radius 1 is 0.833 bits per heavy atom. The maximum Gasteiger partial charge on any atom is 0.343 e. The van der Waals surface area contributed by atoms with E-state index in [4.69, 9.17) is 14.2 Å². The predicted octanol–water partition coefficient (Wildman–Crippen LogP) is 5.58. The largest absolute Gasteiger partial charge is 0.493 e. The summed E-state index contributed by atoms with van der Waals surface area (Å²) in [6, 6.07) is 18.9. The van der Waals surface area contributed by atoms with Crippen LogP contribution in [-0.2, 0) is 0 Å². The number of hydrogen-bond donors (Lipinski definition) is 0. The molecule has 3 aromatic carbocycles. The number of carbonyl (C=O) groups is 2. The predicted molar refractivity (Wildman–Crippen MR) is 118 cm³/mol. The molecule has 0 bridgehead atoms. The fourth-order valence-corrected chi connectivity index (χ4v) is 2.96. The zero-order valence-electron chi connectivity index (χ0n) is 16.4. The van der Waals surface area contributed by atoms with Gasteiger partial charge in [0.15, 0.2) is 17.3 Å². The average molecular weight is 467 g/mol. The first-order valence-corrected chi connectivity index (χ1v) is 9.81. The van der Waals surface area contributed by atoms with Gasteiger partial charge in [-0.05, 0) is 66.2 Å². The first-order chi connectivity index (χ1) is 14.5. The van der Waals surface area contributed by atoms with E-state index in [-0.39, 0.29) is 5.78 Å². The van der Waals surface area contributed by atoms with E-state index in [2.05, 4.69) is 15.9 Å². The average Bonchev–Trinajstić information content (AvgIpc) is 2.77. The second-order valence-electron chi connectivity index (χ2n) is 6.24. The van der Waals surface area contributed by atoms with Crippen molar-refractivity contribution in [3.8, 4) is 17.2 Å². The Bertz CT molecular complexity index is 1090. The molecule has 0 aliphatic heterocycles. The van der Waals surface area contributed by atoms with Crippen LogP contribution < -0.4 is 14.2 Å². The lowest BCUT2D eigenvalue weighted by atomic mass is 10.1. The van der Waals surface area contributed by atoms with Gasteiger partial charge in [-0.25, -0.2) is 4.79 Å². The lowest BCUT2D eigenvalue weighted by molar-refractivity contribution is 0.0734. The fraction of sp³-hybridized carbons (Fsp3) is 0.0833. The minimum Gasteiger partial charge on any atom is -0.493 e. The molecule has 0 heterocycles. The first kappa shape index (κ1) is 21.3. The minimum atomic E-state index is -0.525. The summed E-state index contributed by atoms with van der Waals surface area (Å²) in [6.45, 7) is 0. The monoisotopic (exact) mass is 466 g/mol. The summed E-state index contributed by atoms with van der Waals surface area (Å²) in [6.07, 6.45) is 3.16. The van der Waals surface area contributed by atoms with Crippen molar-refractivity contribution in [1.29, 1.82) is 0 Å². The zero-order chi connectivity index (χ0) is 21.5. The second-order valence-corrected chi connectivity index (χ2v) is 7.15. The molecule has 0 atom stereocenters. The van der Waals surface area contributed by atoms with Crippen LogP contribution in [0.2, 0.25) is 0 Å². The van der Waals surface area contributed by atoms with Gasteiger partial charge in [-0.3, -0.25) is 4.79 Å². The summed E-state index contributed by atoms with van der Waals surface area (Å²) in [5.74, 6) is 0.693. The van der Waals surface area contributed by atoms with E-state index in [1.807, 2.05) is 18.2 Å². The van der Waals surface area contributed by atoms with Crippen molar-refractivity contribution in [2.45, 2.75) is 0 Å². The third kappa shape index (κ3) is 5.36. The number of carbonyl (C=O) groups excluding carboxylic acids is 2. The van der Waals surface area contributed by atoms with E-state index in [9.17, 15) is 9.59 Å². The van der Waals surface area contributed by atoms with E-state index in [1.165, 1.54) is 20.3 Å². The molecule has 3 aromatic rings. The van der Waals surface area contributed by atoms with Crippen LogP contribution >= 0.6 is 15.9 Å². The summed E-state index contributed by atoms with van der Waals surface area (Å²) in [4.78, 5) is 24.8. The highest BCUT2D eigenvalue weighted by molar-refractivity contribution is 9.10. The van der Waals surface area contributed by atoms with Crippen LogP contribution in [0.15, 0.2) is 77.3 Å². The molecule has 0 unspecified atom stereocenters. The van der Waals surface area contributed by atoms with Crippen molar-refractivity contribution in [3.05, 3.63) is 94.0 Å². The number of ether oxygens (including phenoxy) is 3. The highest BCUT2D eigenvalue weighted by Gasteiger charge is 2.13. The molecule has 0 fully saturated rings. The molecule has 3 rings (SSSR count). The molecule has 6 heteroatoms. The van der Waals surface area contributed by atoms with Gasteiger partial charge in [0.1, 0.15) is 5.75 Å². The van der Waals surface area contributed by atoms with Crippen molar-refractivity contribution in [2.24, 2.45) is 0 Å². The number of rotatable bonds is 7. The molecule has 152 valence electrons. The molecule has 0 amide bonds. The fourth-order valence-electron chi connectivity index (χ4n) is 2.69. The van der Waals surface area contributed by atoms with Crippen molar-refractivity contribution >= 4 is 33.8 Å². The van der Waals surface area contributed by atoms with Crippen molar-refractivity contribution < 1.29 is 23.8 Å². The highest BCUT2D eigenvalue weighted by Crippen LogP contribution is 2.28. The Labute approximate surface area is 183 Å². The molecule has 0 radical (unpaired) electrons. The Morgan fingerprint density at radius 3 is 2.23 bits per heavy atom. The number of esters is 1. The number of allylic oxidation sites excluding steroid dienone is 1. The van der Waals surface area contributed by atoms with Crippen LogP contribution in [0.3, 0.4) is 0 Å². The lowest BCUT2D eigenvalue weighted by Crippen LogP contribution is -2.09. The Kier molecular flexibility index (Phi) is 7.03. The molecule has 0 saturated heterocycles. The number of hydrogen-bond acceptors (Lipinski definition) is 5. The van der Waals surface area contributed by atoms with E-state index >= 15 is 0 Å². The third-order valence-electron chi connectivity index (χ3n) is 4.24. The Balaban J connectivity index is 1.71. The number of halogens is 1. The number of benzene rings is 3. The molecule has 5 nitrogen and oxygen atoms in total. The van der Waals surface area contributed by atoms with E-state index in [0.29, 0.717) is 28.4 Å². The van der Waals surface area contributed by atoms with E-state index in [0.717, 1.165) is 10.0 Å². The van der Waals surface area contributed by atoms with Gasteiger partial charge in [0, 0.05) is 10.0 Å². The van der Waals surface area contributed by atoms with E-state index in [1.54, 1.807) is 54.6 Å². The SMILES string of the molecule is COc1ccc(C(=O)Oc2cccc(C=CC(=O)c3ccc(Br)cc3)c2)cc1OC. The minimum absolute atomic E-state index is 0.116. The lowest BCUT2D eigenvalue weighted by Gasteiger charge is -2.09. The first-order valence-electron chi connectivity index (χ1n) is 9.02. The summed E-state index contributed by atoms with van der Waals surface area (Å²) in [5, 5.41) is 0. The van der Waals surface area contributed by atoms with Crippen LogP contribution in [0.5, 0.6) is 17.2 Å². The molecular formula is C24H19BrO5. The number of methoxy groups -OCH3 is 2. The van der Waals surface area contributed by atoms with Gasteiger partial charge in [0.25, 0.3) is 0 Å². The number of ketones is 1. The summed E-state index contributed by atoms with van der Waals surface area (Å²) >= 11 is 3.35. The van der Waals surface area contributed by atoms with Gasteiger partial charge < -0.3 is 14.2 Å². The van der Waals surface area contributed by atoms with E-state index < -0.39 is 5.97 Å². The molecule has 0 aromatic heterocycles. The van der Waals surface area contributed by atoms with Crippen LogP contribution in [0, 0.1) is 0 Å². The Morgan fingerprint density at radius 2 is 1.53 bits per heavy atom. The van der Waals surface area contributed by atoms with Gasteiger partial charge in [-0.1, -0.05) is 34.1 Å². The summed E-state index contributed by atoms with van der Waals surface area (Å²) in [5.41, 5.74) is 1.66. The molecule has 0 N–H and O–H groups in total. The van der Waals surface area contributed by atoms with Crippen molar-refractivity contribution in [3.63, 3.8) is 0 Å². The van der Waals surface area contributed by atoms with Crippen molar-refractivity contribution in [1.82, 2.24) is 0 Å². The molecule has 0 spiro atoms. The summed E-state index contributed by atoms with van der Waals surface area (Å²) < 4.78 is 16.8. The van der Waals surface area contributed by atoms with Crippen molar-refractivity contribution in [2.75, 3.05) is 14.2 Å². The molecule has 30 heavy (non-hydrogen) atoms. The molecule has 0 aliphatic carbocycles. The summed E-state index contributed by atoms with van der Waals surface area (Å²) in [7, 11) is 3.02. The molecule has 0 saturated carbocycles. The smallest absolute Gasteiger partial charge is 0.343 e. The van der Waals surface area contributed by atoms with Crippen LogP contribution in [0.4, 0.5) is 0 Å². The van der Waals surface area contributed by atoms with Crippen LogP contribution in [0.25, 0.3) is 6.08 Å². The molecule has 0 aliphatic rings. The van der Waals surface area contributed by atoms with Crippen LogP contribution in [0.1, 0.15) is 26.3 Å².